The molecule has 1 spiro atoms. The normalized spacial score (nSPS) is 24.9. The predicted octanol–water partition coefficient (Wildman–Crippen LogP) is 5.00. The van der Waals surface area contributed by atoms with E-state index in [1.165, 1.54) is 12.3 Å². The van der Waals surface area contributed by atoms with Gasteiger partial charge in [0, 0.05) is 41.5 Å². The molecular weight excluding hydrogens is 521 g/mol. The average Bonchev–Trinajstić information content (AvgIpc) is 3.37. The van der Waals surface area contributed by atoms with Crippen LogP contribution in [0.5, 0.6) is 5.75 Å². The van der Waals surface area contributed by atoms with Gasteiger partial charge in [-0.3, -0.25) is 14.1 Å². The highest BCUT2D eigenvalue weighted by Gasteiger charge is 2.48. The number of pyridine rings is 1. The van der Waals surface area contributed by atoms with Crippen molar-refractivity contribution in [2.24, 2.45) is 0 Å². The van der Waals surface area contributed by atoms with Crippen molar-refractivity contribution in [1.29, 1.82) is 0 Å². The third-order valence-electron chi connectivity index (χ3n) is 8.21. The maximum Gasteiger partial charge on any atom is 0.431 e. The van der Waals surface area contributed by atoms with Crippen molar-refractivity contribution < 1.29 is 27.8 Å². The minimum atomic E-state index is -4.58. The number of hydrogen-bond donors (Lipinski definition) is 2. The van der Waals surface area contributed by atoms with Crippen LogP contribution in [0.1, 0.15) is 55.5 Å². The molecule has 1 aliphatic carbocycles. The number of likely N-dealkylation sites (tertiary alicyclic amines) is 1. The van der Waals surface area contributed by atoms with Crippen molar-refractivity contribution in [3.8, 4) is 5.75 Å². The van der Waals surface area contributed by atoms with Crippen LogP contribution in [0.2, 0.25) is 5.02 Å². The summed E-state index contributed by atoms with van der Waals surface area (Å²) in [6.45, 7) is 3.75. The van der Waals surface area contributed by atoms with Gasteiger partial charge >= 0.3 is 6.18 Å². The molecule has 0 bridgehead atoms. The van der Waals surface area contributed by atoms with Gasteiger partial charge in [0.25, 0.3) is 0 Å². The number of carbonyl (C=O) groups excluding carboxylic acids is 1. The van der Waals surface area contributed by atoms with E-state index in [0.717, 1.165) is 21.7 Å². The Morgan fingerprint density at radius 2 is 1.95 bits per heavy atom. The molecule has 1 saturated heterocycles. The zero-order valence-electron chi connectivity index (χ0n) is 20.8. The first-order valence-electron chi connectivity index (χ1n) is 12.7. The van der Waals surface area contributed by atoms with E-state index >= 15 is 0 Å². The van der Waals surface area contributed by atoms with E-state index in [1.807, 2.05) is 12.1 Å². The third kappa shape index (κ3) is 4.42. The highest BCUT2D eigenvalue weighted by molar-refractivity contribution is 6.31. The number of halogens is 4. The van der Waals surface area contributed by atoms with Crippen LogP contribution in [-0.4, -0.2) is 57.1 Å². The van der Waals surface area contributed by atoms with Crippen molar-refractivity contribution in [3.05, 3.63) is 58.5 Å². The number of imidazole rings is 1. The van der Waals surface area contributed by atoms with E-state index in [-0.39, 0.29) is 29.8 Å². The molecule has 7 nitrogen and oxygen atoms in total. The molecule has 4 heterocycles. The summed E-state index contributed by atoms with van der Waals surface area (Å²) >= 11 is 6.19. The third-order valence-corrected chi connectivity index (χ3v) is 8.44. The Morgan fingerprint density at radius 1 is 1.21 bits per heavy atom. The van der Waals surface area contributed by atoms with Crippen LogP contribution in [0.3, 0.4) is 0 Å². The highest BCUT2D eigenvalue weighted by Crippen LogP contribution is 2.46. The molecule has 1 saturated carbocycles. The molecule has 2 fully saturated rings. The molecule has 0 atom stereocenters. The van der Waals surface area contributed by atoms with Crippen molar-refractivity contribution in [3.63, 3.8) is 0 Å². The second-order valence-corrected chi connectivity index (χ2v) is 11.4. The van der Waals surface area contributed by atoms with Crippen LogP contribution in [0, 0.1) is 0 Å². The van der Waals surface area contributed by atoms with Crippen LogP contribution < -0.4 is 10.1 Å². The van der Waals surface area contributed by atoms with E-state index in [9.17, 15) is 23.1 Å². The molecule has 0 radical (unpaired) electrons. The summed E-state index contributed by atoms with van der Waals surface area (Å²) in [5.74, 6) is 0.0284. The Balaban J connectivity index is 1.12. The summed E-state index contributed by atoms with van der Waals surface area (Å²) in [4.78, 5) is 19.4. The quantitative estimate of drug-likeness (QED) is 0.469. The lowest BCUT2D eigenvalue weighted by atomic mass is 9.71. The number of piperidine rings is 1. The topological polar surface area (TPSA) is 79.1 Å². The lowest BCUT2D eigenvalue weighted by Gasteiger charge is -2.39. The molecule has 38 heavy (non-hydrogen) atoms. The van der Waals surface area contributed by atoms with Gasteiger partial charge in [0.1, 0.15) is 23.7 Å². The number of nitrogens with zero attached hydrogens (tertiary/aromatic N) is 3. The fourth-order valence-electron chi connectivity index (χ4n) is 6.12. The molecule has 2 aliphatic heterocycles. The number of amides is 1. The zero-order valence-corrected chi connectivity index (χ0v) is 21.6. The van der Waals surface area contributed by atoms with Crippen molar-refractivity contribution in [2.45, 2.75) is 55.7 Å². The summed E-state index contributed by atoms with van der Waals surface area (Å²) in [5.41, 5.74) is 0.199. The molecule has 11 heteroatoms. The van der Waals surface area contributed by atoms with Gasteiger partial charge in [-0.05, 0) is 69.5 Å². The summed E-state index contributed by atoms with van der Waals surface area (Å²) in [6.07, 6.45) is -0.973. The van der Waals surface area contributed by atoms with Gasteiger partial charge in [-0.1, -0.05) is 11.6 Å². The number of anilines is 1. The fraction of sp³-hybridized carbons (Fsp3) is 0.481. The molecular formula is C27H28ClF3N4O3. The van der Waals surface area contributed by atoms with Crippen LogP contribution in [0.15, 0.2) is 36.5 Å². The largest absolute Gasteiger partial charge is 0.492 e. The number of alkyl halides is 3. The van der Waals surface area contributed by atoms with Crippen LogP contribution in [-0.2, 0) is 16.4 Å². The zero-order chi connectivity index (χ0) is 26.9. The first-order valence-corrected chi connectivity index (χ1v) is 13.1. The van der Waals surface area contributed by atoms with Crippen LogP contribution >= 0.6 is 11.6 Å². The Labute approximate surface area is 222 Å². The van der Waals surface area contributed by atoms with Gasteiger partial charge in [0.05, 0.1) is 16.7 Å². The summed E-state index contributed by atoms with van der Waals surface area (Å²) in [7, 11) is 0. The van der Waals surface area contributed by atoms with Gasteiger partial charge < -0.3 is 15.2 Å². The molecule has 3 aromatic rings. The molecule has 2 N–H and O–H groups in total. The van der Waals surface area contributed by atoms with Gasteiger partial charge in [0.15, 0.2) is 0 Å². The number of aromatic nitrogens is 2. The molecule has 1 aromatic carbocycles. The smallest absolute Gasteiger partial charge is 0.431 e. The maximum atomic E-state index is 13.9. The monoisotopic (exact) mass is 548 g/mol. The molecule has 202 valence electrons. The van der Waals surface area contributed by atoms with E-state index in [2.05, 4.69) is 15.2 Å². The Morgan fingerprint density at radius 3 is 2.63 bits per heavy atom. The second kappa shape index (κ2) is 8.86. The predicted molar refractivity (Wildman–Crippen MR) is 136 cm³/mol. The molecule has 1 amide bonds. The fourth-order valence-corrected chi connectivity index (χ4v) is 6.30. The highest BCUT2D eigenvalue weighted by atomic mass is 35.5. The first-order chi connectivity index (χ1) is 17.9. The number of aliphatic hydroxyl groups is 1. The van der Waals surface area contributed by atoms with E-state index < -0.39 is 22.9 Å². The minimum Gasteiger partial charge on any atom is -0.492 e. The summed E-state index contributed by atoms with van der Waals surface area (Å²) in [5, 5.41) is 13.6. The molecule has 2 aromatic heterocycles. The molecule has 3 aliphatic rings. The number of hydrogen-bond acceptors (Lipinski definition) is 5. The van der Waals surface area contributed by atoms with Crippen molar-refractivity contribution in [2.75, 3.05) is 31.6 Å². The molecule has 0 unspecified atom stereocenters. The standard InChI is InChI=1S/C27H28ClF3N4O3/c1-25(37)13-16(14-25)21-15-35-22(27(29,30)31)11-18(12-23(35)32-21)38-9-8-34-6-4-26(5-7-34)19-10-17(28)2-3-20(19)33-24(26)36/h2-3,10-12,15-16,37H,4-9,13-14H2,1H3,(H,33,36). The van der Waals surface area contributed by atoms with Crippen molar-refractivity contribution in [1.82, 2.24) is 14.3 Å². The number of fused-ring (bicyclic) bond motifs is 3. The second-order valence-electron chi connectivity index (χ2n) is 11.0. The number of rotatable bonds is 5. The van der Waals surface area contributed by atoms with Crippen LogP contribution in [0.4, 0.5) is 18.9 Å². The van der Waals surface area contributed by atoms with E-state index in [0.29, 0.717) is 56.0 Å². The van der Waals surface area contributed by atoms with Crippen molar-refractivity contribution >= 4 is 28.8 Å². The Kier molecular flexibility index (Phi) is 5.93. The Bertz CT molecular complexity index is 1400. The first kappa shape index (κ1) is 25.5. The number of carbonyl (C=O) groups is 1. The Hall–Kier alpha value is -2.82. The van der Waals surface area contributed by atoms with Gasteiger partial charge in [0.2, 0.25) is 5.91 Å². The molecule has 6 rings (SSSR count). The minimum absolute atomic E-state index is 0.0109. The summed E-state index contributed by atoms with van der Waals surface area (Å²) in [6, 6.07) is 7.97. The summed E-state index contributed by atoms with van der Waals surface area (Å²) < 4.78 is 48.4. The number of nitrogens with one attached hydrogen (secondary N) is 1. The van der Waals surface area contributed by atoms with Gasteiger partial charge in [-0.15, -0.1) is 0 Å². The van der Waals surface area contributed by atoms with E-state index in [1.54, 1.807) is 13.0 Å². The lowest BCUT2D eigenvalue weighted by Crippen LogP contribution is -2.47. The van der Waals surface area contributed by atoms with Gasteiger partial charge in [-0.2, -0.15) is 13.2 Å². The van der Waals surface area contributed by atoms with Crippen LogP contribution in [0.25, 0.3) is 5.65 Å². The van der Waals surface area contributed by atoms with Gasteiger partial charge in [-0.25, -0.2) is 4.98 Å². The number of ether oxygens (including phenoxy) is 1. The maximum absolute atomic E-state index is 13.9. The SMILES string of the molecule is CC1(O)CC(c2cn3c(C(F)(F)F)cc(OCCN4CCC5(CC4)C(=O)Nc4ccc(Cl)cc45)cc3n2)C1. The number of benzene rings is 1. The van der Waals surface area contributed by atoms with E-state index in [4.69, 9.17) is 16.3 Å². The lowest BCUT2D eigenvalue weighted by molar-refractivity contribution is -0.142. The average molecular weight is 549 g/mol.